The van der Waals surface area contributed by atoms with Gasteiger partial charge in [0.05, 0.1) is 16.1 Å². The molecule has 0 aliphatic rings. The summed E-state index contributed by atoms with van der Waals surface area (Å²) in [6.45, 7) is 0. The third-order valence-electron chi connectivity index (χ3n) is 1.95. The van der Waals surface area contributed by atoms with Crippen molar-refractivity contribution in [3.63, 3.8) is 0 Å². The van der Waals surface area contributed by atoms with Crippen LogP contribution in [0.2, 0.25) is 5.02 Å². The van der Waals surface area contributed by atoms with Gasteiger partial charge in [-0.1, -0.05) is 29.8 Å². The van der Waals surface area contributed by atoms with Gasteiger partial charge in [-0.25, -0.2) is 0 Å². The molecular formula is C9H7BClNO2. The number of fused-ring (bicyclic) bond motifs is 1. The molecule has 1 aromatic heterocycles. The Labute approximate surface area is 86.1 Å². The van der Waals surface area contributed by atoms with Gasteiger partial charge in [-0.05, 0) is 12.1 Å². The van der Waals surface area contributed by atoms with E-state index in [9.17, 15) is 0 Å². The first-order valence-corrected chi connectivity index (χ1v) is 4.47. The molecule has 70 valence electrons. The zero-order valence-electron chi connectivity index (χ0n) is 7.18. The van der Waals surface area contributed by atoms with E-state index in [1.54, 1.807) is 12.1 Å². The second kappa shape index (κ2) is 3.57. The van der Waals surface area contributed by atoms with E-state index in [2.05, 4.69) is 4.98 Å². The Morgan fingerprint density at radius 1 is 1.21 bits per heavy atom. The van der Waals surface area contributed by atoms with Crippen molar-refractivity contribution in [3.05, 3.63) is 35.4 Å². The number of benzene rings is 1. The average Bonchev–Trinajstić information content (AvgIpc) is 2.16. The molecular weight excluding hydrogens is 200 g/mol. The van der Waals surface area contributed by atoms with Crippen LogP contribution in [0.5, 0.6) is 0 Å². The maximum Gasteiger partial charge on any atom is 0.509 e. The SMILES string of the molecule is OB(O)c1nc2ccccc2cc1Cl. The lowest BCUT2D eigenvalue weighted by Gasteiger charge is -2.03. The van der Waals surface area contributed by atoms with Gasteiger partial charge in [0.1, 0.15) is 0 Å². The van der Waals surface area contributed by atoms with E-state index in [4.69, 9.17) is 21.6 Å². The Kier molecular flexibility index (Phi) is 2.41. The Hall–Kier alpha value is -1.10. The predicted molar refractivity (Wildman–Crippen MR) is 56.6 cm³/mol. The van der Waals surface area contributed by atoms with Crippen LogP contribution in [-0.2, 0) is 0 Å². The normalized spacial score (nSPS) is 10.5. The number of para-hydroxylation sites is 1. The Morgan fingerprint density at radius 3 is 2.64 bits per heavy atom. The fraction of sp³-hybridized carbons (Fsp3) is 0. The van der Waals surface area contributed by atoms with Gasteiger partial charge >= 0.3 is 7.12 Å². The van der Waals surface area contributed by atoms with Crippen LogP contribution in [0.25, 0.3) is 10.9 Å². The van der Waals surface area contributed by atoms with Gasteiger partial charge in [-0.3, -0.25) is 4.98 Å². The lowest BCUT2D eigenvalue weighted by atomic mass is 9.85. The summed E-state index contributed by atoms with van der Waals surface area (Å²) in [5.74, 6) is 0. The van der Waals surface area contributed by atoms with Crippen molar-refractivity contribution >= 4 is 35.2 Å². The van der Waals surface area contributed by atoms with Crippen molar-refractivity contribution in [2.24, 2.45) is 0 Å². The second-order valence-electron chi connectivity index (χ2n) is 2.92. The summed E-state index contributed by atoms with van der Waals surface area (Å²) in [7, 11) is -1.63. The summed E-state index contributed by atoms with van der Waals surface area (Å²) in [5, 5.41) is 19.1. The number of rotatable bonds is 1. The van der Waals surface area contributed by atoms with E-state index < -0.39 is 7.12 Å². The Morgan fingerprint density at radius 2 is 1.93 bits per heavy atom. The highest BCUT2D eigenvalue weighted by Gasteiger charge is 2.17. The molecule has 0 saturated carbocycles. The molecule has 0 bridgehead atoms. The Bertz CT molecular complexity index is 475. The zero-order chi connectivity index (χ0) is 10.1. The molecule has 1 aromatic carbocycles. The van der Waals surface area contributed by atoms with E-state index >= 15 is 0 Å². The van der Waals surface area contributed by atoms with Gasteiger partial charge in [0.15, 0.2) is 0 Å². The minimum Gasteiger partial charge on any atom is -0.422 e. The van der Waals surface area contributed by atoms with E-state index in [0.717, 1.165) is 5.39 Å². The van der Waals surface area contributed by atoms with Crippen molar-refractivity contribution in [2.75, 3.05) is 0 Å². The fourth-order valence-corrected chi connectivity index (χ4v) is 1.54. The molecule has 0 radical (unpaired) electrons. The molecule has 3 nitrogen and oxygen atoms in total. The van der Waals surface area contributed by atoms with Crippen LogP contribution in [-0.4, -0.2) is 22.2 Å². The maximum atomic E-state index is 8.97. The summed E-state index contributed by atoms with van der Waals surface area (Å²) < 4.78 is 0. The number of hydrogen-bond donors (Lipinski definition) is 2. The lowest BCUT2D eigenvalue weighted by molar-refractivity contribution is 0.424. The van der Waals surface area contributed by atoms with Crippen molar-refractivity contribution < 1.29 is 10.0 Å². The molecule has 5 heteroatoms. The quantitative estimate of drug-likeness (QED) is 0.672. The molecule has 0 spiro atoms. The van der Waals surface area contributed by atoms with E-state index in [1.807, 2.05) is 18.2 Å². The Balaban J connectivity index is 2.71. The number of aromatic nitrogens is 1. The molecule has 0 fully saturated rings. The number of hydrogen-bond acceptors (Lipinski definition) is 3. The number of pyridine rings is 1. The van der Waals surface area contributed by atoms with E-state index in [-0.39, 0.29) is 10.6 Å². The molecule has 1 heterocycles. The minimum absolute atomic E-state index is 0.0883. The summed E-state index contributed by atoms with van der Waals surface area (Å²) >= 11 is 5.82. The fourth-order valence-electron chi connectivity index (χ4n) is 1.29. The predicted octanol–water partition coefficient (Wildman–Crippen LogP) is 0.568. The second-order valence-corrected chi connectivity index (χ2v) is 3.33. The summed E-state index contributed by atoms with van der Waals surface area (Å²) in [6, 6.07) is 9.02. The minimum atomic E-state index is -1.63. The molecule has 0 aliphatic heterocycles. The first kappa shape index (κ1) is 9.46. The van der Waals surface area contributed by atoms with Crippen LogP contribution in [0, 0.1) is 0 Å². The van der Waals surface area contributed by atoms with Gasteiger partial charge < -0.3 is 10.0 Å². The van der Waals surface area contributed by atoms with Crippen LogP contribution in [0.15, 0.2) is 30.3 Å². The van der Waals surface area contributed by atoms with Crippen molar-refractivity contribution in [1.29, 1.82) is 0 Å². The van der Waals surface area contributed by atoms with Gasteiger partial charge in [0.2, 0.25) is 0 Å². The molecule has 0 saturated heterocycles. The van der Waals surface area contributed by atoms with Gasteiger partial charge in [-0.15, -0.1) is 0 Å². The lowest BCUT2D eigenvalue weighted by Crippen LogP contribution is -2.33. The standard InChI is InChI=1S/C9H7BClNO2/c11-7-5-6-3-1-2-4-8(6)12-9(7)10(13)14/h1-5,13-14H. The third-order valence-corrected chi connectivity index (χ3v) is 2.25. The summed E-state index contributed by atoms with van der Waals surface area (Å²) in [6.07, 6.45) is 0. The number of nitrogens with zero attached hydrogens (tertiary/aromatic N) is 1. The van der Waals surface area contributed by atoms with Crippen molar-refractivity contribution in [2.45, 2.75) is 0 Å². The first-order valence-electron chi connectivity index (χ1n) is 4.10. The van der Waals surface area contributed by atoms with Gasteiger partial charge in [-0.2, -0.15) is 0 Å². The topological polar surface area (TPSA) is 53.4 Å². The highest BCUT2D eigenvalue weighted by Crippen LogP contribution is 2.14. The van der Waals surface area contributed by atoms with E-state index in [1.165, 1.54) is 0 Å². The number of halogens is 1. The first-order chi connectivity index (χ1) is 6.68. The smallest absolute Gasteiger partial charge is 0.422 e. The monoisotopic (exact) mass is 207 g/mol. The van der Waals surface area contributed by atoms with E-state index in [0.29, 0.717) is 5.52 Å². The molecule has 2 aromatic rings. The molecule has 0 atom stereocenters. The maximum absolute atomic E-state index is 8.97. The van der Waals surface area contributed by atoms with Crippen LogP contribution < -0.4 is 5.59 Å². The third kappa shape index (κ3) is 1.59. The molecule has 0 unspecified atom stereocenters. The van der Waals surface area contributed by atoms with Crippen LogP contribution >= 0.6 is 11.6 Å². The molecule has 0 amide bonds. The van der Waals surface area contributed by atoms with Gasteiger partial charge in [0, 0.05) is 5.39 Å². The molecule has 0 aliphatic carbocycles. The van der Waals surface area contributed by atoms with Crippen molar-refractivity contribution in [3.8, 4) is 0 Å². The van der Waals surface area contributed by atoms with Crippen LogP contribution in [0.1, 0.15) is 0 Å². The van der Waals surface area contributed by atoms with Crippen molar-refractivity contribution in [1.82, 2.24) is 4.98 Å². The summed E-state index contributed by atoms with van der Waals surface area (Å²) in [5.41, 5.74) is 0.783. The summed E-state index contributed by atoms with van der Waals surface area (Å²) in [4.78, 5) is 4.04. The van der Waals surface area contributed by atoms with Gasteiger partial charge in [0.25, 0.3) is 0 Å². The highest BCUT2D eigenvalue weighted by molar-refractivity contribution is 6.62. The zero-order valence-corrected chi connectivity index (χ0v) is 7.94. The highest BCUT2D eigenvalue weighted by atomic mass is 35.5. The molecule has 14 heavy (non-hydrogen) atoms. The largest absolute Gasteiger partial charge is 0.509 e. The average molecular weight is 207 g/mol. The molecule has 2 N–H and O–H groups in total. The van der Waals surface area contributed by atoms with Crippen LogP contribution in [0.3, 0.4) is 0 Å². The molecule has 2 rings (SSSR count). The van der Waals surface area contributed by atoms with Crippen LogP contribution in [0.4, 0.5) is 0 Å².